The van der Waals surface area contributed by atoms with Gasteiger partial charge in [0, 0.05) is 12.1 Å². The van der Waals surface area contributed by atoms with E-state index in [-0.39, 0.29) is 29.5 Å². The van der Waals surface area contributed by atoms with Gasteiger partial charge in [0.2, 0.25) is 0 Å². The minimum Gasteiger partial charge on any atom is -0.481 e. The molecule has 0 aromatic rings. The van der Waals surface area contributed by atoms with Crippen LogP contribution in [0.4, 0.5) is 0 Å². The van der Waals surface area contributed by atoms with Gasteiger partial charge in [0.1, 0.15) is 0 Å². The van der Waals surface area contributed by atoms with Crippen LogP contribution in [0.15, 0.2) is 0 Å². The lowest BCUT2D eigenvalue weighted by molar-refractivity contribution is -0.139. The smallest absolute Gasteiger partial charge is 0.308 e. The zero-order valence-corrected chi connectivity index (χ0v) is 9.40. The minimum absolute atomic E-state index is 0.0179. The van der Waals surface area contributed by atoms with Crippen molar-refractivity contribution in [2.45, 2.75) is 24.9 Å². The van der Waals surface area contributed by atoms with Gasteiger partial charge in [-0.25, -0.2) is 8.42 Å². The number of rotatable bonds is 3. The summed E-state index contributed by atoms with van der Waals surface area (Å²) >= 11 is 0. The maximum atomic E-state index is 11.3. The predicted molar refractivity (Wildman–Crippen MR) is 54.4 cm³/mol. The van der Waals surface area contributed by atoms with Gasteiger partial charge < -0.3 is 5.11 Å². The third kappa shape index (κ3) is 2.15. The quantitative estimate of drug-likeness (QED) is 0.716. The zero-order chi connectivity index (χ0) is 11.2. The van der Waals surface area contributed by atoms with E-state index < -0.39 is 15.8 Å². The van der Waals surface area contributed by atoms with Crippen molar-refractivity contribution in [3.05, 3.63) is 0 Å². The maximum Gasteiger partial charge on any atom is 0.308 e. The van der Waals surface area contributed by atoms with Crippen LogP contribution in [0.1, 0.15) is 12.8 Å². The number of nitrogens with zero attached hydrogens (tertiary/aromatic N) is 1. The highest BCUT2D eigenvalue weighted by atomic mass is 32.2. The van der Waals surface area contributed by atoms with Crippen molar-refractivity contribution in [3.63, 3.8) is 0 Å². The van der Waals surface area contributed by atoms with E-state index in [1.807, 2.05) is 11.9 Å². The molecule has 1 saturated carbocycles. The van der Waals surface area contributed by atoms with Gasteiger partial charge in [-0.05, 0) is 19.9 Å². The van der Waals surface area contributed by atoms with Crippen LogP contribution in [0.2, 0.25) is 0 Å². The van der Waals surface area contributed by atoms with E-state index in [1.165, 1.54) is 0 Å². The van der Waals surface area contributed by atoms with E-state index in [2.05, 4.69) is 0 Å². The number of sulfone groups is 1. The van der Waals surface area contributed by atoms with Gasteiger partial charge in [0.05, 0.1) is 17.4 Å². The van der Waals surface area contributed by atoms with E-state index >= 15 is 0 Å². The molecule has 5 nitrogen and oxygen atoms in total. The highest BCUT2D eigenvalue weighted by Gasteiger charge is 2.48. The third-order valence-electron chi connectivity index (χ3n) is 3.38. The first-order valence-corrected chi connectivity index (χ1v) is 6.88. The summed E-state index contributed by atoms with van der Waals surface area (Å²) in [5.74, 6) is -0.635. The molecule has 3 atom stereocenters. The molecule has 0 aromatic carbocycles. The van der Waals surface area contributed by atoms with Crippen molar-refractivity contribution < 1.29 is 18.3 Å². The summed E-state index contributed by atoms with van der Waals surface area (Å²) in [6, 6.07) is 0.0603. The number of carbonyl (C=O) groups is 1. The number of carboxylic acid groups (broad SMARTS) is 1. The Hall–Kier alpha value is -0.620. The van der Waals surface area contributed by atoms with Crippen LogP contribution in [0.5, 0.6) is 0 Å². The van der Waals surface area contributed by atoms with Gasteiger partial charge in [-0.2, -0.15) is 0 Å². The molecule has 6 heteroatoms. The van der Waals surface area contributed by atoms with Crippen molar-refractivity contribution in [3.8, 4) is 0 Å². The normalized spacial score (nSPS) is 38.1. The molecule has 1 aliphatic heterocycles. The Morgan fingerprint density at radius 3 is 2.53 bits per heavy atom. The Balaban J connectivity index is 1.94. The SMILES string of the molecule is CN(C1CCS(=O)(=O)C1)C1CC1C(=O)O. The van der Waals surface area contributed by atoms with E-state index in [0.717, 1.165) is 0 Å². The van der Waals surface area contributed by atoms with Crippen LogP contribution >= 0.6 is 0 Å². The Morgan fingerprint density at radius 1 is 1.47 bits per heavy atom. The van der Waals surface area contributed by atoms with E-state index in [0.29, 0.717) is 12.8 Å². The summed E-state index contributed by atoms with van der Waals surface area (Å²) in [7, 11) is -1.04. The zero-order valence-electron chi connectivity index (χ0n) is 8.59. The molecule has 1 saturated heterocycles. The number of carboxylic acids is 1. The van der Waals surface area contributed by atoms with Gasteiger partial charge in [-0.15, -0.1) is 0 Å². The monoisotopic (exact) mass is 233 g/mol. The molecular formula is C9H15NO4S. The Labute approximate surface area is 89.0 Å². The van der Waals surface area contributed by atoms with Crippen molar-refractivity contribution in [1.29, 1.82) is 0 Å². The van der Waals surface area contributed by atoms with Crippen LogP contribution in [-0.2, 0) is 14.6 Å². The second-order valence-corrected chi connectivity index (χ2v) is 6.70. The summed E-state index contributed by atoms with van der Waals surface area (Å²) in [5.41, 5.74) is 0. The molecule has 15 heavy (non-hydrogen) atoms. The highest BCUT2D eigenvalue weighted by molar-refractivity contribution is 7.91. The Kier molecular flexibility index (Phi) is 2.50. The molecule has 3 unspecified atom stereocenters. The van der Waals surface area contributed by atoms with Gasteiger partial charge in [0.25, 0.3) is 0 Å². The van der Waals surface area contributed by atoms with E-state index in [9.17, 15) is 13.2 Å². The molecule has 1 N–H and O–H groups in total. The molecule has 0 radical (unpaired) electrons. The summed E-state index contributed by atoms with van der Waals surface area (Å²) in [4.78, 5) is 12.6. The van der Waals surface area contributed by atoms with Gasteiger partial charge in [-0.1, -0.05) is 0 Å². The van der Waals surface area contributed by atoms with Gasteiger partial charge in [0.15, 0.2) is 9.84 Å². The minimum atomic E-state index is -2.87. The van der Waals surface area contributed by atoms with Crippen molar-refractivity contribution in [2.75, 3.05) is 18.6 Å². The van der Waals surface area contributed by atoms with Crippen molar-refractivity contribution in [1.82, 2.24) is 4.90 Å². The first-order chi connectivity index (χ1) is 6.91. The average Bonchev–Trinajstić information content (AvgIpc) is 2.84. The molecule has 2 fully saturated rings. The third-order valence-corrected chi connectivity index (χ3v) is 5.13. The molecule has 0 spiro atoms. The summed E-state index contributed by atoms with van der Waals surface area (Å²) in [6.07, 6.45) is 1.30. The topological polar surface area (TPSA) is 74.7 Å². The molecule has 0 aromatic heterocycles. The van der Waals surface area contributed by atoms with E-state index in [4.69, 9.17) is 5.11 Å². The first-order valence-electron chi connectivity index (χ1n) is 5.06. The lowest BCUT2D eigenvalue weighted by Gasteiger charge is -2.22. The molecule has 0 amide bonds. The molecule has 0 bridgehead atoms. The number of hydrogen-bond acceptors (Lipinski definition) is 4. The molecule has 2 rings (SSSR count). The largest absolute Gasteiger partial charge is 0.481 e. The molecule has 86 valence electrons. The van der Waals surface area contributed by atoms with Crippen LogP contribution in [0.25, 0.3) is 0 Å². The molecule has 1 heterocycles. The summed E-state index contributed by atoms with van der Waals surface area (Å²) < 4.78 is 22.5. The fourth-order valence-electron chi connectivity index (χ4n) is 2.26. The maximum absolute atomic E-state index is 11.3. The fourth-order valence-corrected chi connectivity index (χ4v) is 4.05. The van der Waals surface area contributed by atoms with Crippen LogP contribution in [-0.4, -0.2) is 55.0 Å². The van der Waals surface area contributed by atoms with Gasteiger partial charge >= 0.3 is 5.97 Å². The molecule has 2 aliphatic rings. The molecular weight excluding hydrogens is 218 g/mol. The summed E-state index contributed by atoms with van der Waals surface area (Å²) in [6.45, 7) is 0. The average molecular weight is 233 g/mol. The lowest BCUT2D eigenvalue weighted by Crippen LogP contribution is -2.36. The summed E-state index contributed by atoms with van der Waals surface area (Å²) in [5, 5.41) is 8.77. The standard InChI is InChI=1S/C9H15NO4S/c1-10(8-4-7(8)9(11)12)6-2-3-15(13,14)5-6/h6-8H,2-5H2,1H3,(H,11,12). The van der Waals surface area contributed by atoms with Gasteiger partial charge in [-0.3, -0.25) is 9.69 Å². The first kappa shape index (κ1) is 10.9. The van der Waals surface area contributed by atoms with Crippen molar-refractivity contribution in [2.24, 2.45) is 5.92 Å². The van der Waals surface area contributed by atoms with Crippen LogP contribution in [0.3, 0.4) is 0 Å². The predicted octanol–water partition coefficient (Wildman–Crippen LogP) is -0.422. The molecule has 1 aliphatic carbocycles. The van der Waals surface area contributed by atoms with E-state index in [1.54, 1.807) is 0 Å². The number of aliphatic carboxylic acids is 1. The van der Waals surface area contributed by atoms with Crippen LogP contribution in [0, 0.1) is 5.92 Å². The lowest BCUT2D eigenvalue weighted by atomic mass is 10.2. The Bertz CT molecular complexity index is 378. The Morgan fingerprint density at radius 2 is 2.13 bits per heavy atom. The van der Waals surface area contributed by atoms with Crippen molar-refractivity contribution >= 4 is 15.8 Å². The second-order valence-electron chi connectivity index (χ2n) is 4.47. The fraction of sp³-hybridized carbons (Fsp3) is 0.889. The second kappa shape index (κ2) is 3.45. The highest BCUT2D eigenvalue weighted by Crippen LogP contribution is 2.37. The van der Waals surface area contributed by atoms with Crippen LogP contribution < -0.4 is 0 Å². The number of hydrogen-bond donors (Lipinski definition) is 1.